The third-order valence-corrected chi connectivity index (χ3v) is 12.3. The molecule has 0 N–H and O–H groups in total. The maximum atomic E-state index is 5.73. The molecule has 0 spiro atoms. The maximum Gasteiger partial charge on any atom is 0.462 e. The third-order valence-electron chi connectivity index (χ3n) is 1.20. The molecule has 0 aromatic heterocycles. The van der Waals surface area contributed by atoms with Crippen LogP contribution >= 0.6 is 11.1 Å². The average Bonchev–Trinajstić information content (AvgIpc) is 2.06. The normalized spacial score (nSPS) is 12.0. The maximum absolute atomic E-state index is 5.73. The van der Waals surface area contributed by atoms with Gasteiger partial charge in [0.1, 0.15) is 0 Å². The monoisotopic (exact) mass is 254 g/mol. The van der Waals surface area contributed by atoms with Crippen LogP contribution in [0.3, 0.4) is 0 Å². The summed E-state index contributed by atoms with van der Waals surface area (Å²) in [5, 5.41) is 0. The summed E-state index contributed by atoms with van der Waals surface area (Å²) < 4.78 is 16.7. The van der Waals surface area contributed by atoms with E-state index in [0.717, 1.165) is 0 Å². The molecule has 4 radical (unpaired) electrons. The van der Waals surface area contributed by atoms with Gasteiger partial charge in [-0.15, -0.1) is 0 Å². The van der Waals surface area contributed by atoms with Gasteiger partial charge < -0.3 is 13.3 Å². The lowest BCUT2D eigenvalue weighted by Gasteiger charge is -2.27. The first-order chi connectivity index (χ1) is 6.24. The second-order valence-electron chi connectivity index (χ2n) is 2.07. The second-order valence-corrected chi connectivity index (χ2v) is 11.6. The Morgan fingerprint density at radius 1 is 1.00 bits per heavy atom. The summed E-state index contributed by atoms with van der Waals surface area (Å²) in [4.78, 5) is 0. The minimum absolute atomic E-state index is 0.325. The summed E-state index contributed by atoms with van der Waals surface area (Å²) in [5.41, 5.74) is 0. The van der Waals surface area contributed by atoms with E-state index in [4.69, 9.17) is 24.4 Å². The largest absolute Gasteiger partial charge is 0.462 e. The van der Waals surface area contributed by atoms with Crippen LogP contribution in [0.25, 0.3) is 0 Å². The molecule has 0 fully saturated rings. The zero-order valence-corrected chi connectivity index (χ0v) is 12.0. The van der Waals surface area contributed by atoms with Crippen molar-refractivity contribution in [3.63, 3.8) is 0 Å². The van der Waals surface area contributed by atoms with Crippen molar-refractivity contribution in [2.45, 2.75) is 20.8 Å². The molecule has 0 aliphatic heterocycles. The molecule has 13 heavy (non-hydrogen) atoms. The zero-order chi connectivity index (χ0) is 10.2. The molecule has 0 bridgehead atoms. The molecule has 0 aromatic rings. The molecule has 0 aliphatic carbocycles. The standard InChI is InChI=1S/C6H15ClO3Si3/c1-4-8-13(9-5-2,10-6-3)12-11-7/h4-6H2,1-3H3. The lowest BCUT2D eigenvalue weighted by Crippen LogP contribution is -2.53. The van der Waals surface area contributed by atoms with Crippen LogP contribution in [-0.2, 0) is 13.3 Å². The molecule has 0 amide bonds. The number of hydrogen-bond acceptors (Lipinski definition) is 3. The molecule has 7 heteroatoms. The lowest BCUT2D eigenvalue weighted by atomic mass is 10.9. The van der Waals surface area contributed by atoms with Gasteiger partial charge in [-0.3, -0.25) is 0 Å². The van der Waals surface area contributed by atoms with E-state index < -0.39 is 8.32 Å². The zero-order valence-electron chi connectivity index (χ0n) is 8.22. The molecular weight excluding hydrogens is 240 g/mol. The van der Waals surface area contributed by atoms with E-state index in [1.54, 1.807) is 0 Å². The van der Waals surface area contributed by atoms with E-state index in [-0.39, 0.29) is 0 Å². The highest BCUT2D eigenvalue weighted by Crippen LogP contribution is 2.08. The van der Waals surface area contributed by atoms with E-state index >= 15 is 0 Å². The van der Waals surface area contributed by atoms with E-state index in [1.807, 2.05) is 20.8 Å². The quantitative estimate of drug-likeness (QED) is 0.478. The van der Waals surface area contributed by atoms with Crippen molar-refractivity contribution in [3.05, 3.63) is 0 Å². The predicted molar refractivity (Wildman–Crippen MR) is 58.0 cm³/mol. The summed E-state index contributed by atoms with van der Waals surface area (Å²) in [6.45, 7) is 7.71. The lowest BCUT2D eigenvalue weighted by molar-refractivity contribution is 0.0936. The van der Waals surface area contributed by atoms with Crippen LogP contribution in [0.1, 0.15) is 20.8 Å². The Bertz CT molecular complexity index is 98.2. The van der Waals surface area contributed by atoms with Crippen LogP contribution < -0.4 is 0 Å². The minimum Gasteiger partial charge on any atom is -0.377 e. The fourth-order valence-corrected chi connectivity index (χ4v) is 11.0. The fraction of sp³-hybridized carbons (Fsp3) is 1.00. The highest BCUT2D eigenvalue weighted by Gasteiger charge is 2.39. The van der Waals surface area contributed by atoms with Gasteiger partial charge >= 0.3 is 8.32 Å². The van der Waals surface area contributed by atoms with Crippen molar-refractivity contribution in [3.8, 4) is 0 Å². The molecule has 76 valence electrons. The summed E-state index contributed by atoms with van der Waals surface area (Å²) in [6.07, 6.45) is 0. The number of hydrogen-bond donors (Lipinski definition) is 0. The van der Waals surface area contributed by atoms with Gasteiger partial charge in [0, 0.05) is 19.8 Å². The molecule has 0 aromatic carbocycles. The predicted octanol–water partition coefficient (Wildman–Crippen LogP) is 1.01. The summed E-state index contributed by atoms with van der Waals surface area (Å²) in [7, 11) is -1.60. The smallest absolute Gasteiger partial charge is 0.377 e. The molecule has 0 heterocycles. The molecule has 0 rings (SSSR count). The molecule has 0 atom stereocenters. The first kappa shape index (κ1) is 13.8. The van der Waals surface area contributed by atoms with Gasteiger partial charge in [-0.1, -0.05) is 0 Å². The number of halogens is 1. The van der Waals surface area contributed by atoms with Gasteiger partial charge in [-0.05, 0) is 20.8 Å². The molecule has 0 unspecified atom stereocenters. The second kappa shape index (κ2) is 8.16. The fourth-order valence-electron chi connectivity index (χ4n) is 0.861. The molecular formula is C6H15ClO3Si3. The third kappa shape index (κ3) is 5.31. The van der Waals surface area contributed by atoms with Gasteiger partial charge in [0.25, 0.3) is 0 Å². The van der Waals surface area contributed by atoms with Crippen LogP contribution in [-0.4, -0.2) is 45.0 Å². The highest BCUT2D eigenvalue weighted by molar-refractivity contribution is 7.48. The Kier molecular flexibility index (Phi) is 8.67. The van der Waals surface area contributed by atoms with E-state index in [2.05, 4.69) is 0 Å². The highest BCUT2D eigenvalue weighted by atomic mass is 35.6. The first-order valence-electron chi connectivity index (χ1n) is 4.29. The Labute approximate surface area is 90.4 Å². The topological polar surface area (TPSA) is 27.7 Å². The van der Waals surface area contributed by atoms with Gasteiger partial charge in [0.05, 0.1) is 0 Å². The Hall–Kier alpha value is 0.821. The molecule has 0 aliphatic rings. The van der Waals surface area contributed by atoms with Gasteiger partial charge in [0.15, 0.2) is 16.9 Å². The van der Waals surface area contributed by atoms with Crippen molar-refractivity contribution in [2.24, 2.45) is 0 Å². The van der Waals surface area contributed by atoms with Gasteiger partial charge in [-0.2, -0.15) is 11.1 Å². The van der Waals surface area contributed by atoms with Crippen LogP contribution in [0.15, 0.2) is 0 Å². The summed E-state index contributed by atoms with van der Waals surface area (Å²) in [5.74, 6) is 0. The van der Waals surface area contributed by atoms with Crippen LogP contribution in [0, 0.1) is 0 Å². The molecule has 3 nitrogen and oxygen atoms in total. The van der Waals surface area contributed by atoms with Crippen molar-refractivity contribution < 1.29 is 13.3 Å². The van der Waals surface area contributed by atoms with Crippen molar-refractivity contribution in [2.75, 3.05) is 19.8 Å². The Morgan fingerprint density at radius 2 is 1.38 bits per heavy atom. The average molecular weight is 255 g/mol. The van der Waals surface area contributed by atoms with Crippen LogP contribution in [0.5, 0.6) is 0 Å². The Balaban J connectivity index is 4.19. The summed E-state index contributed by atoms with van der Waals surface area (Å²) in [6, 6.07) is 0. The summed E-state index contributed by atoms with van der Waals surface area (Å²) >= 11 is 5.73. The number of rotatable bonds is 8. The molecule has 0 saturated carbocycles. The van der Waals surface area contributed by atoms with E-state index in [0.29, 0.717) is 36.7 Å². The van der Waals surface area contributed by atoms with E-state index in [9.17, 15) is 0 Å². The van der Waals surface area contributed by atoms with Gasteiger partial charge in [0.2, 0.25) is 0 Å². The van der Waals surface area contributed by atoms with Crippen molar-refractivity contribution in [1.82, 2.24) is 0 Å². The van der Waals surface area contributed by atoms with Crippen molar-refractivity contribution >= 4 is 36.3 Å². The van der Waals surface area contributed by atoms with Crippen LogP contribution in [0.4, 0.5) is 0 Å². The molecule has 0 saturated heterocycles. The van der Waals surface area contributed by atoms with Crippen molar-refractivity contribution in [1.29, 1.82) is 0 Å². The Morgan fingerprint density at radius 3 is 1.62 bits per heavy atom. The first-order valence-corrected chi connectivity index (χ1v) is 11.0. The van der Waals surface area contributed by atoms with Crippen LogP contribution in [0.2, 0.25) is 0 Å². The minimum atomic E-state index is -2.39. The van der Waals surface area contributed by atoms with E-state index in [1.165, 1.54) is 0 Å². The van der Waals surface area contributed by atoms with Gasteiger partial charge in [-0.25, -0.2) is 0 Å². The SMILES string of the molecule is CCO[Si](OCC)(OCC)[Si][Si]Cl.